The highest BCUT2D eigenvalue weighted by atomic mass is 35.5. The fraction of sp³-hybridized carbons (Fsp3) is 0.381. The molecule has 2 aromatic carbocycles. The van der Waals surface area contributed by atoms with E-state index in [9.17, 15) is 13.2 Å². The molecule has 0 radical (unpaired) electrons. The summed E-state index contributed by atoms with van der Waals surface area (Å²) < 4.78 is 25.2. The lowest BCUT2D eigenvalue weighted by Crippen LogP contribution is -2.55. The first-order valence-electron chi connectivity index (χ1n) is 9.77. The molecule has 2 saturated heterocycles. The molecule has 7 nitrogen and oxygen atoms in total. The molecule has 1 spiro atoms. The van der Waals surface area contributed by atoms with Gasteiger partial charge in [0.05, 0.1) is 12.9 Å². The van der Waals surface area contributed by atoms with Gasteiger partial charge in [0.15, 0.2) is 0 Å². The van der Waals surface area contributed by atoms with Crippen LogP contribution in [0.5, 0.6) is 0 Å². The summed E-state index contributed by atoms with van der Waals surface area (Å²) in [5, 5.41) is 3.36. The van der Waals surface area contributed by atoms with E-state index in [4.69, 9.17) is 0 Å². The number of hydrogen-bond acceptors (Lipinski definition) is 5. The summed E-state index contributed by atoms with van der Waals surface area (Å²) >= 11 is 0. The molecular weight excluding hydrogens is 424 g/mol. The largest absolute Gasteiger partial charge is 0.339 e. The van der Waals surface area contributed by atoms with Crippen LogP contribution in [0.1, 0.15) is 18.4 Å². The fourth-order valence-corrected chi connectivity index (χ4v) is 4.84. The van der Waals surface area contributed by atoms with Gasteiger partial charge in [0.25, 0.3) is 0 Å². The van der Waals surface area contributed by atoms with E-state index in [2.05, 4.69) is 27.1 Å². The van der Waals surface area contributed by atoms with Crippen LogP contribution in [-0.4, -0.2) is 50.8 Å². The van der Waals surface area contributed by atoms with Crippen molar-refractivity contribution in [1.29, 1.82) is 0 Å². The average molecular weight is 451 g/mol. The van der Waals surface area contributed by atoms with E-state index in [1.165, 1.54) is 0 Å². The van der Waals surface area contributed by atoms with Crippen LogP contribution in [0.25, 0.3) is 0 Å². The average Bonchev–Trinajstić information content (AvgIpc) is 2.96. The third-order valence-corrected chi connectivity index (χ3v) is 6.25. The number of hydrogen-bond donors (Lipinski definition) is 2. The predicted molar refractivity (Wildman–Crippen MR) is 121 cm³/mol. The van der Waals surface area contributed by atoms with Gasteiger partial charge in [-0.3, -0.25) is 9.52 Å². The van der Waals surface area contributed by atoms with Gasteiger partial charge < -0.3 is 15.1 Å². The number of benzene rings is 2. The first-order valence-corrected chi connectivity index (χ1v) is 11.7. The Morgan fingerprint density at radius 1 is 1.03 bits per heavy atom. The van der Waals surface area contributed by atoms with E-state index in [-0.39, 0.29) is 18.3 Å². The summed E-state index contributed by atoms with van der Waals surface area (Å²) in [6, 6.07) is 17.3. The van der Waals surface area contributed by atoms with Gasteiger partial charge in [-0.2, -0.15) is 0 Å². The van der Waals surface area contributed by atoms with E-state index in [0.717, 1.165) is 43.4 Å². The third kappa shape index (κ3) is 4.55. The molecule has 9 heteroatoms. The van der Waals surface area contributed by atoms with Crippen molar-refractivity contribution in [3.8, 4) is 0 Å². The highest BCUT2D eigenvalue weighted by molar-refractivity contribution is 7.92. The molecule has 0 aromatic heterocycles. The number of halogens is 1. The summed E-state index contributed by atoms with van der Waals surface area (Å²) in [5.41, 5.74) is 2.06. The van der Waals surface area contributed by atoms with Crippen LogP contribution < -0.4 is 14.9 Å². The minimum atomic E-state index is -3.30. The third-order valence-electron chi connectivity index (χ3n) is 5.64. The molecular formula is C21H27ClN4O3S. The van der Waals surface area contributed by atoms with Gasteiger partial charge in [0.1, 0.15) is 5.54 Å². The van der Waals surface area contributed by atoms with Crippen molar-refractivity contribution in [3.63, 3.8) is 0 Å². The molecule has 2 aliphatic rings. The van der Waals surface area contributed by atoms with Gasteiger partial charge in [-0.05, 0) is 55.8 Å². The van der Waals surface area contributed by atoms with E-state index in [1.807, 2.05) is 35.2 Å². The number of rotatable bonds is 5. The Labute approximate surface area is 183 Å². The number of piperidine rings is 1. The Balaban J connectivity index is 0.00000256. The van der Waals surface area contributed by atoms with Gasteiger partial charge in [-0.15, -0.1) is 12.4 Å². The smallest absolute Gasteiger partial charge is 0.250 e. The lowest BCUT2D eigenvalue weighted by molar-refractivity contribution is -0.133. The van der Waals surface area contributed by atoms with Crippen molar-refractivity contribution in [1.82, 2.24) is 10.2 Å². The summed E-state index contributed by atoms with van der Waals surface area (Å²) in [4.78, 5) is 17.6. The number of carbonyl (C=O) groups excluding carboxylic acids is 1. The van der Waals surface area contributed by atoms with Crippen LogP contribution in [0.4, 0.5) is 11.4 Å². The summed E-state index contributed by atoms with van der Waals surface area (Å²) in [6.45, 7) is 2.70. The first-order chi connectivity index (χ1) is 13.9. The fourth-order valence-electron chi connectivity index (χ4n) is 4.28. The van der Waals surface area contributed by atoms with E-state index in [1.54, 1.807) is 12.1 Å². The van der Waals surface area contributed by atoms with Crippen molar-refractivity contribution in [2.45, 2.75) is 24.9 Å². The molecule has 0 saturated carbocycles. The molecule has 4 rings (SSSR count). The number of para-hydroxylation sites is 1. The lowest BCUT2D eigenvalue weighted by Gasteiger charge is -2.40. The normalized spacial score (nSPS) is 18.4. The molecule has 1 amide bonds. The maximum absolute atomic E-state index is 13.5. The van der Waals surface area contributed by atoms with E-state index >= 15 is 0 Å². The Kier molecular flexibility index (Phi) is 6.59. The molecule has 2 fully saturated rings. The maximum Gasteiger partial charge on any atom is 0.250 e. The highest BCUT2D eigenvalue weighted by Gasteiger charge is 2.52. The van der Waals surface area contributed by atoms with Crippen LogP contribution in [0.3, 0.4) is 0 Å². The Morgan fingerprint density at radius 3 is 2.27 bits per heavy atom. The Hall–Kier alpha value is -2.29. The number of nitrogens with one attached hydrogen (secondary N) is 2. The van der Waals surface area contributed by atoms with Crippen molar-refractivity contribution < 1.29 is 13.2 Å². The van der Waals surface area contributed by atoms with Crippen molar-refractivity contribution in [2.75, 3.05) is 35.6 Å². The van der Waals surface area contributed by atoms with E-state index < -0.39 is 15.6 Å². The molecule has 30 heavy (non-hydrogen) atoms. The van der Waals surface area contributed by atoms with Crippen LogP contribution in [-0.2, 0) is 21.4 Å². The number of amides is 1. The number of carbonyl (C=O) groups is 1. The molecule has 162 valence electrons. The second kappa shape index (κ2) is 8.83. The molecule has 2 heterocycles. The van der Waals surface area contributed by atoms with Gasteiger partial charge in [-0.25, -0.2) is 8.42 Å². The van der Waals surface area contributed by atoms with Gasteiger partial charge >= 0.3 is 0 Å². The zero-order chi connectivity index (χ0) is 20.5. The summed E-state index contributed by atoms with van der Waals surface area (Å²) in [6.07, 6.45) is 2.70. The second-order valence-electron chi connectivity index (χ2n) is 7.76. The number of anilines is 2. The van der Waals surface area contributed by atoms with Gasteiger partial charge in [0, 0.05) is 17.9 Å². The maximum atomic E-state index is 13.5. The minimum absolute atomic E-state index is 0. The molecule has 2 N–H and O–H groups in total. The first kappa shape index (κ1) is 22.4. The Bertz CT molecular complexity index is 977. The quantitative estimate of drug-likeness (QED) is 0.731. The van der Waals surface area contributed by atoms with E-state index in [0.29, 0.717) is 18.9 Å². The molecule has 0 bridgehead atoms. The van der Waals surface area contributed by atoms with Gasteiger partial charge in [0.2, 0.25) is 15.9 Å². The predicted octanol–water partition coefficient (Wildman–Crippen LogP) is 2.41. The van der Waals surface area contributed by atoms with Gasteiger partial charge in [-0.1, -0.05) is 30.3 Å². The molecule has 0 unspecified atom stereocenters. The van der Waals surface area contributed by atoms with Crippen molar-refractivity contribution in [2.24, 2.45) is 0 Å². The van der Waals surface area contributed by atoms with Crippen LogP contribution >= 0.6 is 12.4 Å². The number of nitrogens with zero attached hydrogens (tertiary/aromatic N) is 2. The van der Waals surface area contributed by atoms with Crippen LogP contribution in [0.15, 0.2) is 54.6 Å². The topological polar surface area (TPSA) is 81.8 Å². The summed E-state index contributed by atoms with van der Waals surface area (Å²) in [5.74, 6) is 0.168. The lowest BCUT2D eigenvalue weighted by atomic mass is 9.86. The molecule has 2 aromatic rings. The molecule has 0 atom stereocenters. The Morgan fingerprint density at radius 2 is 1.67 bits per heavy atom. The highest BCUT2D eigenvalue weighted by Crippen LogP contribution is 2.38. The number of sulfonamides is 1. The molecule has 2 aliphatic heterocycles. The molecule has 0 aliphatic carbocycles. The second-order valence-corrected chi connectivity index (χ2v) is 9.51. The SMILES string of the molecule is CS(=O)(=O)Nc1ccc(CN2CN(c3ccccc3)C3(CCNCC3)C2=O)cc1.Cl. The summed E-state index contributed by atoms with van der Waals surface area (Å²) in [7, 11) is -3.30. The van der Waals surface area contributed by atoms with Crippen LogP contribution in [0, 0.1) is 0 Å². The monoisotopic (exact) mass is 450 g/mol. The van der Waals surface area contributed by atoms with Crippen molar-refractivity contribution in [3.05, 3.63) is 60.2 Å². The van der Waals surface area contributed by atoms with Crippen molar-refractivity contribution >= 4 is 39.7 Å². The standard InChI is InChI=1S/C21H26N4O3S.ClH/c1-29(27,28)23-18-9-7-17(8-10-18)15-24-16-25(19-5-3-2-4-6-19)21(20(24)26)11-13-22-14-12-21;/h2-10,22-23H,11-16H2,1H3;1H. The zero-order valence-electron chi connectivity index (χ0n) is 16.9. The van der Waals surface area contributed by atoms with Crippen LogP contribution in [0.2, 0.25) is 0 Å². The zero-order valence-corrected chi connectivity index (χ0v) is 18.5. The minimum Gasteiger partial charge on any atom is -0.339 e.